The van der Waals surface area contributed by atoms with E-state index in [1.165, 1.54) is 11.1 Å². The first-order valence-corrected chi connectivity index (χ1v) is 7.54. The Morgan fingerprint density at radius 1 is 1.00 bits per heavy atom. The van der Waals surface area contributed by atoms with Crippen LogP contribution in [0.5, 0.6) is 0 Å². The van der Waals surface area contributed by atoms with Crippen LogP contribution < -0.4 is 0 Å². The summed E-state index contributed by atoms with van der Waals surface area (Å²) in [6, 6.07) is 20.8. The maximum atomic E-state index is 12.0. The summed E-state index contributed by atoms with van der Waals surface area (Å²) < 4.78 is 5.31. The number of rotatable bonds is 4. The molecule has 3 rings (SSSR count). The normalized spacial score (nSPS) is 21.5. The van der Waals surface area contributed by atoms with Gasteiger partial charge in [-0.15, -0.1) is 0 Å². The fourth-order valence-corrected chi connectivity index (χ4v) is 3.15. The molecular formula is C19H20O2. The van der Waals surface area contributed by atoms with Crippen LogP contribution in [0.1, 0.15) is 36.8 Å². The van der Waals surface area contributed by atoms with E-state index in [0.29, 0.717) is 0 Å². The van der Waals surface area contributed by atoms with Crippen LogP contribution in [0, 0.1) is 5.92 Å². The third kappa shape index (κ3) is 3.15. The van der Waals surface area contributed by atoms with E-state index in [2.05, 4.69) is 48.5 Å². The van der Waals surface area contributed by atoms with Crippen LogP contribution in [-0.4, -0.2) is 12.1 Å². The van der Waals surface area contributed by atoms with Gasteiger partial charge in [0.1, 0.15) is 0 Å². The van der Waals surface area contributed by atoms with Crippen LogP contribution in [0.2, 0.25) is 0 Å². The molecule has 1 fully saturated rings. The zero-order chi connectivity index (χ0) is 14.7. The van der Waals surface area contributed by atoms with Gasteiger partial charge in [-0.3, -0.25) is 4.79 Å². The molecule has 2 unspecified atom stereocenters. The van der Waals surface area contributed by atoms with Crippen molar-refractivity contribution in [2.75, 3.05) is 0 Å². The predicted octanol–water partition coefficient (Wildman–Crippen LogP) is 4.16. The molecule has 2 aromatic rings. The average molecular weight is 280 g/mol. The quantitative estimate of drug-likeness (QED) is 0.786. The van der Waals surface area contributed by atoms with Gasteiger partial charge >= 0.3 is 5.97 Å². The molecule has 2 aromatic carbocycles. The zero-order valence-corrected chi connectivity index (χ0v) is 12.2. The second kappa shape index (κ2) is 6.13. The minimum Gasteiger partial charge on any atom is -0.462 e. The monoisotopic (exact) mass is 280 g/mol. The Bertz CT molecular complexity index is 552. The third-order valence-corrected chi connectivity index (χ3v) is 4.19. The number of hydrogen-bond acceptors (Lipinski definition) is 2. The van der Waals surface area contributed by atoms with E-state index in [1.54, 1.807) is 0 Å². The molecule has 0 saturated carbocycles. The Morgan fingerprint density at radius 2 is 1.52 bits per heavy atom. The summed E-state index contributed by atoms with van der Waals surface area (Å²) in [4.78, 5) is 12.0. The van der Waals surface area contributed by atoms with Crippen LogP contribution in [0.25, 0.3) is 0 Å². The largest absolute Gasteiger partial charge is 0.462 e. The van der Waals surface area contributed by atoms with Crippen molar-refractivity contribution in [1.29, 1.82) is 0 Å². The highest BCUT2D eigenvalue weighted by molar-refractivity contribution is 5.74. The summed E-state index contributed by atoms with van der Waals surface area (Å²) in [5, 5.41) is 0. The van der Waals surface area contributed by atoms with E-state index in [4.69, 9.17) is 4.74 Å². The maximum Gasteiger partial charge on any atom is 0.309 e. The van der Waals surface area contributed by atoms with Gasteiger partial charge < -0.3 is 4.74 Å². The van der Waals surface area contributed by atoms with Gasteiger partial charge in [-0.1, -0.05) is 60.7 Å². The van der Waals surface area contributed by atoms with Crippen LogP contribution in [0.15, 0.2) is 60.7 Å². The lowest BCUT2D eigenvalue weighted by Gasteiger charge is -2.20. The van der Waals surface area contributed by atoms with Gasteiger partial charge in [0.15, 0.2) is 0 Å². The van der Waals surface area contributed by atoms with Gasteiger partial charge in [-0.05, 0) is 30.9 Å². The fourth-order valence-electron chi connectivity index (χ4n) is 3.15. The molecule has 0 radical (unpaired) electrons. The van der Waals surface area contributed by atoms with Crippen LogP contribution >= 0.6 is 0 Å². The molecule has 2 atom stereocenters. The molecular weight excluding hydrogens is 260 g/mol. The Kier molecular flexibility index (Phi) is 4.05. The average Bonchev–Trinajstić information content (AvgIpc) is 2.84. The first kappa shape index (κ1) is 13.9. The summed E-state index contributed by atoms with van der Waals surface area (Å²) >= 11 is 0. The third-order valence-electron chi connectivity index (χ3n) is 4.19. The van der Waals surface area contributed by atoms with Crippen molar-refractivity contribution in [3.63, 3.8) is 0 Å². The smallest absolute Gasteiger partial charge is 0.309 e. The highest BCUT2D eigenvalue weighted by Gasteiger charge is 2.34. The molecule has 0 aromatic heterocycles. The maximum absolute atomic E-state index is 12.0. The van der Waals surface area contributed by atoms with E-state index < -0.39 is 0 Å². The molecule has 0 aliphatic carbocycles. The van der Waals surface area contributed by atoms with Gasteiger partial charge in [0, 0.05) is 5.92 Å². The van der Waals surface area contributed by atoms with E-state index in [9.17, 15) is 4.79 Å². The second-order valence-corrected chi connectivity index (χ2v) is 5.79. The van der Waals surface area contributed by atoms with Crippen LogP contribution in [0.4, 0.5) is 0 Å². The Labute approximate surface area is 125 Å². The molecule has 21 heavy (non-hydrogen) atoms. The highest BCUT2D eigenvalue weighted by atomic mass is 16.5. The van der Waals surface area contributed by atoms with Crippen molar-refractivity contribution in [2.45, 2.75) is 31.8 Å². The molecule has 2 heteroatoms. The van der Waals surface area contributed by atoms with Crippen molar-refractivity contribution in [3.8, 4) is 0 Å². The van der Waals surface area contributed by atoms with Gasteiger partial charge in [-0.2, -0.15) is 0 Å². The number of ether oxygens (including phenoxy) is 1. The Hall–Kier alpha value is -2.09. The number of esters is 1. The Balaban J connectivity index is 1.88. The molecule has 1 aliphatic rings. The lowest BCUT2D eigenvalue weighted by Crippen LogP contribution is -2.13. The van der Waals surface area contributed by atoms with Crippen molar-refractivity contribution in [3.05, 3.63) is 71.8 Å². The first-order valence-electron chi connectivity index (χ1n) is 7.54. The topological polar surface area (TPSA) is 26.3 Å². The molecule has 0 amide bonds. The first-order chi connectivity index (χ1) is 10.2. The second-order valence-electron chi connectivity index (χ2n) is 5.79. The molecule has 2 nitrogen and oxygen atoms in total. The van der Waals surface area contributed by atoms with Crippen molar-refractivity contribution >= 4 is 5.97 Å². The SMILES string of the molecule is CC1CC(CC(c2ccccc2)c2ccccc2)C(=O)O1. The minimum atomic E-state index is -0.0423. The summed E-state index contributed by atoms with van der Waals surface area (Å²) in [7, 11) is 0. The zero-order valence-electron chi connectivity index (χ0n) is 12.2. The van der Waals surface area contributed by atoms with E-state index in [0.717, 1.165) is 12.8 Å². The predicted molar refractivity (Wildman–Crippen MR) is 83.0 cm³/mol. The van der Waals surface area contributed by atoms with Crippen molar-refractivity contribution < 1.29 is 9.53 Å². The summed E-state index contributed by atoms with van der Waals surface area (Å²) in [6.07, 6.45) is 1.70. The van der Waals surface area contributed by atoms with E-state index in [-0.39, 0.29) is 23.9 Å². The number of cyclic esters (lactones) is 1. The number of benzene rings is 2. The Morgan fingerprint density at radius 3 is 1.95 bits per heavy atom. The number of hydrogen-bond donors (Lipinski definition) is 0. The molecule has 108 valence electrons. The highest BCUT2D eigenvalue weighted by Crippen LogP contribution is 2.35. The van der Waals surface area contributed by atoms with Gasteiger partial charge in [-0.25, -0.2) is 0 Å². The molecule has 0 bridgehead atoms. The van der Waals surface area contributed by atoms with E-state index >= 15 is 0 Å². The van der Waals surface area contributed by atoms with Crippen molar-refractivity contribution in [2.24, 2.45) is 5.92 Å². The number of carbonyl (C=O) groups excluding carboxylic acids is 1. The van der Waals surface area contributed by atoms with Crippen molar-refractivity contribution in [1.82, 2.24) is 0 Å². The number of carbonyl (C=O) groups is 1. The van der Waals surface area contributed by atoms with Gasteiger partial charge in [0.2, 0.25) is 0 Å². The minimum absolute atomic E-state index is 0.00501. The lowest BCUT2D eigenvalue weighted by molar-refractivity contribution is -0.144. The summed E-state index contributed by atoms with van der Waals surface area (Å²) in [5.74, 6) is 0.208. The van der Waals surface area contributed by atoms with E-state index in [1.807, 2.05) is 19.1 Å². The summed E-state index contributed by atoms with van der Waals surface area (Å²) in [5.41, 5.74) is 2.52. The van der Waals surface area contributed by atoms with Gasteiger partial charge in [0.05, 0.1) is 12.0 Å². The molecule has 1 aliphatic heterocycles. The van der Waals surface area contributed by atoms with Crippen LogP contribution in [0.3, 0.4) is 0 Å². The van der Waals surface area contributed by atoms with Gasteiger partial charge in [0.25, 0.3) is 0 Å². The molecule has 1 saturated heterocycles. The molecule has 0 N–H and O–H groups in total. The fraction of sp³-hybridized carbons (Fsp3) is 0.316. The molecule has 1 heterocycles. The standard InChI is InChI=1S/C19H20O2/c1-14-12-17(19(20)21-14)13-18(15-8-4-2-5-9-15)16-10-6-3-7-11-16/h2-11,14,17-18H,12-13H2,1H3. The lowest BCUT2D eigenvalue weighted by atomic mass is 9.83. The van der Waals surface area contributed by atoms with Crippen LogP contribution in [-0.2, 0) is 9.53 Å². The molecule has 0 spiro atoms. The summed E-state index contributed by atoms with van der Waals surface area (Å²) in [6.45, 7) is 1.97.